The van der Waals surface area contributed by atoms with Gasteiger partial charge < -0.3 is 24.8 Å². The third kappa shape index (κ3) is 4.72. The average Bonchev–Trinajstić information content (AvgIpc) is 3.59. The number of ether oxygens (including phenoxy) is 1. The number of methoxy groups -OCH3 is 1. The van der Waals surface area contributed by atoms with Crippen LogP contribution in [0.25, 0.3) is 11.0 Å². The summed E-state index contributed by atoms with van der Waals surface area (Å²) in [7, 11) is 1.64. The molecular formula is C25H28N6O2. The number of urea groups is 1. The van der Waals surface area contributed by atoms with Gasteiger partial charge in [-0.3, -0.25) is 0 Å². The molecule has 0 bridgehead atoms. The SMILES string of the molecule is COc1cccc([C@H](C)NC(=O)N2CCN(c3ncnc4[nH]c(C#CC5CC5)cc34)CC2)c1. The molecule has 1 saturated carbocycles. The van der Waals surface area contributed by atoms with Gasteiger partial charge in [0.1, 0.15) is 23.5 Å². The maximum atomic E-state index is 12.8. The van der Waals surface area contributed by atoms with Gasteiger partial charge in [0.25, 0.3) is 0 Å². The molecule has 2 N–H and O–H groups in total. The number of fused-ring (bicyclic) bond motifs is 1. The number of aromatic amines is 1. The Morgan fingerprint density at radius 3 is 2.79 bits per heavy atom. The number of nitrogens with zero attached hydrogens (tertiary/aromatic N) is 4. The molecule has 2 aromatic heterocycles. The van der Waals surface area contributed by atoms with Crippen molar-refractivity contribution in [3.05, 3.63) is 47.9 Å². The Kier molecular flexibility index (Phi) is 5.78. The number of hydrogen-bond donors (Lipinski definition) is 2. The van der Waals surface area contributed by atoms with Gasteiger partial charge >= 0.3 is 6.03 Å². The number of H-pyrrole nitrogens is 1. The second kappa shape index (κ2) is 9.02. The van der Waals surface area contributed by atoms with Crippen LogP contribution in [0.1, 0.15) is 37.1 Å². The summed E-state index contributed by atoms with van der Waals surface area (Å²) in [6, 6.07) is 9.64. The molecule has 2 fully saturated rings. The number of piperazine rings is 1. The minimum Gasteiger partial charge on any atom is -0.497 e. The van der Waals surface area contributed by atoms with E-state index in [9.17, 15) is 4.79 Å². The Bertz CT molecular complexity index is 1210. The lowest BCUT2D eigenvalue weighted by Crippen LogP contribution is -2.52. The second-order valence-corrected chi connectivity index (χ2v) is 8.61. The fraction of sp³-hybridized carbons (Fsp3) is 0.400. The third-order valence-corrected chi connectivity index (χ3v) is 6.19. The predicted octanol–water partition coefficient (Wildman–Crippen LogP) is 3.32. The van der Waals surface area contributed by atoms with Crippen molar-refractivity contribution in [1.82, 2.24) is 25.2 Å². The number of carbonyl (C=O) groups excluding carboxylic acids is 1. The van der Waals surface area contributed by atoms with Gasteiger partial charge in [0.15, 0.2) is 0 Å². The number of hydrogen-bond acceptors (Lipinski definition) is 5. The van der Waals surface area contributed by atoms with Gasteiger partial charge in [-0.2, -0.15) is 0 Å². The van der Waals surface area contributed by atoms with E-state index in [1.165, 1.54) is 12.8 Å². The molecule has 3 aromatic rings. The monoisotopic (exact) mass is 444 g/mol. The summed E-state index contributed by atoms with van der Waals surface area (Å²) in [5, 5.41) is 4.07. The molecule has 5 rings (SSSR count). The summed E-state index contributed by atoms with van der Waals surface area (Å²) in [4.78, 5) is 29.1. The zero-order valence-corrected chi connectivity index (χ0v) is 19.0. The number of benzene rings is 1. The van der Waals surface area contributed by atoms with Crippen molar-refractivity contribution in [2.24, 2.45) is 5.92 Å². The molecule has 8 nitrogen and oxygen atoms in total. The molecule has 8 heteroatoms. The molecule has 1 atom stereocenters. The van der Waals surface area contributed by atoms with E-state index in [4.69, 9.17) is 4.74 Å². The minimum absolute atomic E-state index is 0.0583. The number of rotatable bonds is 4. The number of nitrogens with one attached hydrogen (secondary N) is 2. The van der Waals surface area contributed by atoms with Crippen LogP contribution >= 0.6 is 0 Å². The van der Waals surface area contributed by atoms with Gasteiger partial charge in [-0.15, -0.1) is 0 Å². The van der Waals surface area contributed by atoms with E-state index < -0.39 is 0 Å². The Morgan fingerprint density at radius 1 is 1.21 bits per heavy atom. The molecular weight excluding hydrogens is 416 g/mol. The summed E-state index contributed by atoms with van der Waals surface area (Å²) in [5.41, 5.74) is 2.69. The van der Waals surface area contributed by atoms with Crippen LogP contribution in [0.15, 0.2) is 36.7 Å². The summed E-state index contributed by atoms with van der Waals surface area (Å²) in [5.74, 6) is 8.73. The first kappa shape index (κ1) is 21.1. The number of anilines is 1. The van der Waals surface area contributed by atoms with E-state index >= 15 is 0 Å². The topological polar surface area (TPSA) is 86.4 Å². The standard InChI is InChI=1S/C25H28N6O2/c1-17(19-4-3-5-21(14-19)33-2)28-25(32)31-12-10-30(11-13-31)24-22-15-20(9-8-18-6-7-18)29-23(22)26-16-27-24/h3-5,14-18H,6-7,10-13H2,1-2H3,(H,28,32)(H,26,27,29)/t17-/m0/s1. The highest BCUT2D eigenvalue weighted by molar-refractivity contribution is 5.89. The summed E-state index contributed by atoms with van der Waals surface area (Å²) < 4.78 is 5.29. The van der Waals surface area contributed by atoms with Crippen molar-refractivity contribution in [3.8, 4) is 17.6 Å². The molecule has 0 spiro atoms. The van der Waals surface area contributed by atoms with Gasteiger partial charge in [-0.05, 0) is 49.4 Å². The van der Waals surface area contributed by atoms with Crippen molar-refractivity contribution < 1.29 is 9.53 Å². The molecule has 170 valence electrons. The predicted molar refractivity (Wildman–Crippen MR) is 127 cm³/mol. The van der Waals surface area contributed by atoms with Crippen LogP contribution in [-0.2, 0) is 0 Å². The van der Waals surface area contributed by atoms with E-state index in [-0.39, 0.29) is 12.1 Å². The van der Waals surface area contributed by atoms with E-state index in [2.05, 4.69) is 37.0 Å². The lowest BCUT2D eigenvalue weighted by molar-refractivity contribution is 0.191. The van der Waals surface area contributed by atoms with Crippen LogP contribution < -0.4 is 15.0 Å². The third-order valence-electron chi connectivity index (χ3n) is 6.19. The molecule has 2 aliphatic rings. The quantitative estimate of drug-likeness (QED) is 0.603. The fourth-order valence-electron chi connectivity index (χ4n) is 4.05. The Balaban J connectivity index is 1.22. The smallest absolute Gasteiger partial charge is 0.317 e. The highest BCUT2D eigenvalue weighted by Gasteiger charge is 2.25. The van der Waals surface area contributed by atoms with Crippen LogP contribution in [0.3, 0.4) is 0 Å². The normalized spacial score (nSPS) is 16.8. The summed E-state index contributed by atoms with van der Waals surface area (Å²) >= 11 is 0. The molecule has 0 radical (unpaired) electrons. The van der Waals surface area contributed by atoms with E-state index in [0.29, 0.717) is 32.1 Å². The van der Waals surface area contributed by atoms with Gasteiger partial charge in [0.05, 0.1) is 24.2 Å². The largest absolute Gasteiger partial charge is 0.497 e. The van der Waals surface area contributed by atoms with Gasteiger partial charge in [-0.1, -0.05) is 18.1 Å². The van der Waals surface area contributed by atoms with Crippen molar-refractivity contribution in [2.45, 2.75) is 25.8 Å². The zero-order chi connectivity index (χ0) is 22.8. The van der Waals surface area contributed by atoms with Gasteiger partial charge in [-0.25, -0.2) is 14.8 Å². The lowest BCUT2D eigenvalue weighted by atomic mass is 10.1. The fourth-order valence-corrected chi connectivity index (χ4v) is 4.05. The molecule has 0 unspecified atom stereocenters. The second-order valence-electron chi connectivity index (χ2n) is 8.61. The first-order valence-corrected chi connectivity index (χ1v) is 11.4. The highest BCUT2D eigenvalue weighted by atomic mass is 16.5. The van der Waals surface area contributed by atoms with E-state index in [1.807, 2.05) is 42.2 Å². The molecule has 1 aliphatic carbocycles. The lowest BCUT2D eigenvalue weighted by Gasteiger charge is -2.36. The van der Waals surface area contributed by atoms with Gasteiger partial charge in [0, 0.05) is 32.1 Å². The van der Waals surface area contributed by atoms with Gasteiger partial charge in [0.2, 0.25) is 0 Å². The van der Waals surface area contributed by atoms with Crippen LogP contribution in [0.4, 0.5) is 10.6 Å². The Morgan fingerprint density at radius 2 is 2.03 bits per heavy atom. The molecule has 33 heavy (non-hydrogen) atoms. The maximum Gasteiger partial charge on any atom is 0.317 e. The summed E-state index contributed by atoms with van der Waals surface area (Å²) in [6.07, 6.45) is 3.99. The minimum atomic E-state index is -0.109. The maximum absolute atomic E-state index is 12.8. The molecule has 2 amide bonds. The molecule has 1 aromatic carbocycles. The van der Waals surface area contributed by atoms with Crippen LogP contribution in [-0.4, -0.2) is 59.2 Å². The molecule has 3 heterocycles. The summed E-state index contributed by atoms with van der Waals surface area (Å²) in [6.45, 7) is 4.65. The highest BCUT2D eigenvalue weighted by Crippen LogP contribution is 2.28. The van der Waals surface area contributed by atoms with Crippen LogP contribution in [0.5, 0.6) is 5.75 Å². The van der Waals surface area contributed by atoms with Crippen LogP contribution in [0, 0.1) is 17.8 Å². The van der Waals surface area contributed by atoms with E-state index in [1.54, 1.807) is 13.4 Å². The van der Waals surface area contributed by atoms with Crippen molar-refractivity contribution >= 4 is 22.9 Å². The molecule has 1 saturated heterocycles. The zero-order valence-electron chi connectivity index (χ0n) is 19.0. The Hall–Kier alpha value is -3.73. The number of carbonyl (C=O) groups is 1. The van der Waals surface area contributed by atoms with Crippen LogP contribution in [0.2, 0.25) is 0 Å². The average molecular weight is 445 g/mol. The molecule has 1 aliphatic heterocycles. The van der Waals surface area contributed by atoms with Crippen molar-refractivity contribution in [2.75, 3.05) is 38.2 Å². The Labute approximate surface area is 193 Å². The van der Waals surface area contributed by atoms with Crippen molar-refractivity contribution in [1.29, 1.82) is 0 Å². The first-order valence-electron chi connectivity index (χ1n) is 11.4. The number of aromatic nitrogens is 3. The first-order chi connectivity index (χ1) is 16.1. The van der Waals surface area contributed by atoms with Crippen molar-refractivity contribution in [3.63, 3.8) is 0 Å². The number of amides is 2. The van der Waals surface area contributed by atoms with E-state index in [0.717, 1.165) is 33.9 Å².